The largest absolute Gasteiger partial charge is 0.451 e. The fourth-order valence-corrected chi connectivity index (χ4v) is 1.35. The lowest BCUT2D eigenvalue weighted by molar-refractivity contribution is -0.213. The average Bonchev–Trinajstić information content (AvgIpc) is 1.98. The van der Waals surface area contributed by atoms with Gasteiger partial charge in [-0.15, -0.1) is 0 Å². The van der Waals surface area contributed by atoms with E-state index in [0.29, 0.717) is 0 Å². The predicted octanol–water partition coefficient (Wildman–Crippen LogP) is 0.743. The van der Waals surface area contributed by atoms with Gasteiger partial charge in [0.25, 0.3) is 10.1 Å². The van der Waals surface area contributed by atoms with Gasteiger partial charge in [0.05, 0.1) is 0 Å². The van der Waals surface area contributed by atoms with E-state index < -0.39 is 39.5 Å². The van der Waals surface area contributed by atoms with E-state index in [1.165, 1.54) is 0 Å². The van der Waals surface area contributed by atoms with Crippen molar-refractivity contribution in [3.05, 3.63) is 0 Å². The Morgan fingerprint density at radius 2 is 1.93 bits per heavy atom. The number of ether oxygens (including phenoxy) is 1. The van der Waals surface area contributed by atoms with Gasteiger partial charge in [-0.05, 0) is 0 Å². The molecule has 5 nitrogen and oxygen atoms in total. The molecular weight excluding hydrogens is 309 g/mol. The number of esters is 1. The summed E-state index contributed by atoms with van der Waals surface area (Å²) in [4.78, 5) is 10.5. The quantitative estimate of drug-likeness (QED) is 0.470. The third-order valence-corrected chi connectivity index (χ3v) is 2.29. The molecule has 0 spiro atoms. The molecule has 0 saturated heterocycles. The monoisotopic (exact) mass is 314 g/mol. The normalized spacial score (nSPS) is 14.7. The molecule has 15 heavy (non-hydrogen) atoms. The Hall–Kier alpha value is -0.350. The van der Waals surface area contributed by atoms with Gasteiger partial charge in [-0.2, -0.15) is 21.6 Å². The van der Waals surface area contributed by atoms with Crippen LogP contribution in [0.2, 0.25) is 0 Å². The third-order valence-electron chi connectivity index (χ3n) is 1.11. The first-order valence-electron chi connectivity index (χ1n) is 3.33. The summed E-state index contributed by atoms with van der Waals surface area (Å²) in [7, 11) is -4.87. The number of carbonyl (C=O) groups excluding carboxylic acids is 1. The summed E-state index contributed by atoms with van der Waals surface area (Å²) in [5.74, 6) is -2.99. The molecule has 1 atom stereocenters. The molecule has 0 aliphatic rings. The van der Waals surface area contributed by atoms with Crippen LogP contribution < -0.4 is 0 Å². The third kappa shape index (κ3) is 6.68. The highest BCUT2D eigenvalue weighted by atomic mass is 79.9. The Labute approximate surface area is 91.5 Å². The van der Waals surface area contributed by atoms with Gasteiger partial charge >= 0.3 is 12.1 Å². The Morgan fingerprint density at radius 1 is 1.47 bits per heavy atom. The van der Waals surface area contributed by atoms with Crippen LogP contribution in [-0.4, -0.2) is 42.3 Å². The standard InChI is InChI=1S/C5H6BrF3O5S/c6-1-4(10)14-3(5(7,8)9)2-15(11,12)13/h3H,1-2H2,(H,11,12,13). The predicted molar refractivity (Wildman–Crippen MR) is 46.1 cm³/mol. The summed E-state index contributed by atoms with van der Waals surface area (Å²) in [6.45, 7) is 0. The van der Waals surface area contributed by atoms with Gasteiger partial charge in [0, 0.05) is 0 Å². The first kappa shape index (κ1) is 14.6. The van der Waals surface area contributed by atoms with Crippen LogP contribution in [0.3, 0.4) is 0 Å². The van der Waals surface area contributed by atoms with Crippen LogP contribution in [0.5, 0.6) is 0 Å². The molecule has 0 bridgehead atoms. The van der Waals surface area contributed by atoms with Crippen molar-refractivity contribution in [1.29, 1.82) is 0 Å². The van der Waals surface area contributed by atoms with Gasteiger partial charge in [-0.1, -0.05) is 15.9 Å². The highest BCUT2D eigenvalue weighted by molar-refractivity contribution is 9.09. The smallest absolute Gasteiger partial charge is 0.426 e. The molecule has 0 rings (SSSR count). The summed E-state index contributed by atoms with van der Waals surface area (Å²) in [5.41, 5.74) is 0. The van der Waals surface area contributed by atoms with Crippen molar-refractivity contribution in [1.82, 2.24) is 0 Å². The van der Waals surface area contributed by atoms with E-state index in [1.807, 2.05) is 0 Å². The molecule has 0 saturated carbocycles. The first-order valence-corrected chi connectivity index (χ1v) is 6.06. The molecule has 10 heteroatoms. The summed E-state index contributed by atoms with van der Waals surface area (Å²) in [5, 5.41) is -0.509. The molecule has 0 aliphatic carbocycles. The zero-order chi connectivity index (χ0) is 12.3. The second-order valence-corrected chi connectivity index (χ2v) is 4.46. The summed E-state index contributed by atoms with van der Waals surface area (Å²) < 4.78 is 68.7. The van der Waals surface area contributed by atoms with E-state index in [4.69, 9.17) is 4.55 Å². The van der Waals surface area contributed by atoms with Gasteiger partial charge < -0.3 is 4.74 Å². The van der Waals surface area contributed by atoms with Crippen molar-refractivity contribution in [2.75, 3.05) is 11.1 Å². The molecule has 0 heterocycles. The lowest BCUT2D eigenvalue weighted by atomic mass is 10.4. The first-order chi connectivity index (χ1) is 6.56. The lowest BCUT2D eigenvalue weighted by Gasteiger charge is -2.18. The van der Waals surface area contributed by atoms with Gasteiger partial charge in [0.2, 0.25) is 6.10 Å². The number of rotatable bonds is 4. The Bertz CT molecular complexity index is 324. The fraction of sp³-hybridized carbons (Fsp3) is 0.800. The minimum atomic E-state index is -5.05. The van der Waals surface area contributed by atoms with E-state index in [1.54, 1.807) is 0 Å². The van der Waals surface area contributed by atoms with Gasteiger partial charge in [0.15, 0.2) is 0 Å². The molecule has 0 aromatic carbocycles. The molecule has 0 aliphatic heterocycles. The second-order valence-electron chi connectivity index (χ2n) is 2.40. The highest BCUT2D eigenvalue weighted by Gasteiger charge is 2.45. The average molecular weight is 315 g/mol. The van der Waals surface area contributed by atoms with E-state index >= 15 is 0 Å². The van der Waals surface area contributed by atoms with Crippen molar-refractivity contribution in [2.45, 2.75) is 12.3 Å². The molecule has 90 valence electrons. The van der Waals surface area contributed by atoms with E-state index in [0.717, 1.165) is 0 Å². The van der Waals surface area contributed by atoms with E-state index in [2.05, 4.69) is 20.7 Å². The highest BCUT2D eigenvalue weighted by Crippen LogP contribution is 2.24. The Kier molecular flexibility index (Phi) is 5.00. The Morgan fingerprint density at radius 3 is 2.20 bits per heavy atom. The minimum absolute atomic E-state index is 0.509. The van der Waals surface area contributed by atoms with Gasteiger partial charge in [-0.25, -0.2) is 0 Å². The number of carbonyl (C=O) groups is 1. The van der Waals surface area contributed by atoms with Crippen LogP contribution >= 0.6 is 15.9 Å². The summed E-state index contributed by atoms with van der Waals surface area (Å²) >= 11 is 2.54. The molecule has 0 aromatic heterocycles. The summed E-state index contributed by atoms with van der Waals surface area (Å²) in [6, 6.07) is 0. The molecule has 1 unspecified atom stereocenters. The van der Waals surface area contributed by atoms with Crippen molar-refractivity contribution >= 4 is 32.0 Å². The zero-order valence-electron chi connectivity index (χ0n) is 6.99. The topological polar surface area (TPSA) is 80.7 Å². The maximum absolute atomic E-state index is 12.1. The Balaban J connectivity index is 4.69. The van der Waals surface area contributed by atoms with Crippen LogP contribution in [0.1, 0.15) is 0 Å². The SMILES string of the molecule is O=C(CBr)OC(CS(=O)(=O)O)C(F)(F)F. The maximum atomic E-state index is 12.1. The number of halogens is 4. The number of alkyl halides is 4. The van der Waals surface area contributed by atoms with E-state index in [-0.39, 0.29) is 0 Å². The lowest BCUT2D eigenvalue weighted by Crippen LogP contribution is -2.39. The van der Waals surface area contributed by atoms with Crippen LogP contribution in [0.4, 0.5) is 13.2 Å². The van der Waals surface area contributed by atoms with Gasteiger partial charge in [0.1, 0.15) is 11.1 Å². The van der Waals surface area contributed by atoms with Crippen molar-refractivity contribution < 1.29 is 35.7 Å². The molecule has 0 amide bonds. The second kappa shape index (κ2) is 5.12. The van der Waals surface area contributed by atoms with Crippen LogP contribution in [0.15, 0.2) is 0 Å². The zero-order valence-corrected chi connectivity index (χ0v) is 9.39. The number of hydrogen-bond donors (Lipinski definition) is 1. The van der Waals surface area contributed by atoms with Crippen LogP contribution in [-0.2, 0) is 19.6 Å². The van der Waals surface area contributed by atoms with Crippen molar-refractivity contribution in [3.8, 4) is 0 Å². The van der Waals surface area contributed by atoms with E-state index in [9.17, 15) is 26.4 Å². The molecule has 0 fully saturated rings. The maximum Gasteiger partial charge on any atom is 0.426 e. The van der Waals surface area contributed by atoms with Crippen LogP contribution in [0, 0.1) is 0 Å². The molecular formula is C5H6BrF3O5S. The van der Waals surface area contributed by atoms with Crippen molar-refractivity contribution in [3.63, 3.8) is 0 Å². The fourth-order valence-electron chi connectivity index (χ4n) is 0.577. The van der Waals surface area contributed by atoms with Gasteiger partial charge in [-0.3, -0.25) is 9.35 Å². The van der Waals surface area contributed by atoms with Crippen molar-refractivity contribution in [2.24, 2.45) is 0 Å². The number of hydrogen-bond acceptors (Lipinski definition) is 4. The molecule has 0 aromatic rings. The van der Waals surface area contributed by atoms with Crippen LogP contribution in [0.25, 0.3) is 0 Å². The molecule has 1 N–H and O–H groups in total. The minimum Gasteiger partial charge on any atom is -0.451 e. The summed E-state index contributed by atoms with van der Waals surface area (Å²) in [6.07, 6.45) is -7.91. The molecule has 0 radical (unpaired) electrons.